The zero-order valence-electron chi connectivity index (χ0n) is 17.2. The molecule has 0 aliphatic heterocycles. The number of nitrogens with one attached hydrogen (secondary N) is 1. The number of oxime groups is 1. The van der Waals surface area contributed by atoms with Gasteiger partial charge in [-0.2, -0.15) is 4.31 Å². The first-order valence-electron chi connectivity index (χ1n) is 9.32. The maximum Gasteiger partial charge on any atom is 0.265 e. The Bertz CT molecular complexity index is 987. The summed E-state index contributed by atoms with van der Waals surface area (Å²) in [4.78, 5) is 17.2. The molecule has 0 saturated carbocycles. The summed E-state index contributed by atoms with van der Waals surface area (Å²) in [7, 11) is -2.04. The quantitative estimate of drug-likeness (QED) is 0.335. The van der Waals surface area contributed by atoms with Gasteiger partial charge in [0.2, 0.25) is 10.0 Å². The first-order valence-corrected chi connectivity index (χ1v) is 10.8. The third-order valence-corrected chi connectivity index (χ3v) is 6.29. The largest absolute Gasteiger partial charge is 0.496 e. The van der Waals surface area contributed by atoms with Gasteiger partial charge in [0.1, 0.15) is 5.75 Å². The van der Waals surface area contributed by atoms with Crippen molar-refractivity contribution in [2.45, 2.75) is 18.7 Å². The number of benzene rings is 2. The Morgan fingerprint density at radius 2 is 1.73 bits per heavy atom. The molecule has 30 heavy (non-hydrogen) atoms. The average Bonchev–Trinajstić information content (AvgIpc) is 2.74. The first kappa shape index (κ1) is 23.2. The number of nitrogens with two attached hydrogens (primary N) is 1. The fraction of sp³-hybridized carbons (Fsp3) is 0.300. The summed E-state index contributed by atoms with van der Waals surface area (Å²) in [5, 5.41) is 6.34. The molecule has 3 N–H and O–H groups in total. The number of rotatable bonds is 10. The molecule has 0 atom stereocenters. The van der Waals surface area contributed by atoms with Crippen molar-refractivity contribution in [3.8, 4) is 5.75 Å². The second kappa shape index (κ2) is 10.6. The SMILES string of the molecule is CCN(CC)S(=O)(=O)c1ccc(NC(=O)CO/N=C(/N)c2ccccc2OC)cc1. The Morgan fingerprint density at radius 3 is 2.33 bits per heavy atom. The van der Waals surface area contributed by atoms with Crippen LogP contribution in [0.1, 0.15) is 19.4 Å². The van der Waals surface area contributed by atoms with E-state index >= 15 is 0 Å². The smallest absolute Gasteiger partial charge is 0.265 e. The summed E-state index contributed by atoms with van der Waals surface area (Å²) in [5.74, 6) is 0.142. The van der Waals surface area contributed by atoms with Crippen LogP contribution in [0.2, 0.25) is 0 Å². The second-order valence-electron chi connectivity index (χ2n) is 6.11. The molecule has 1 amide bonds. The predicted molar refractivity (Wildman–Crippen MR) is 115 cm³/mol. The summed E-state index contributed by atoms with van der Waals surface area (Å²) in [5.41, 5.74) is 6.85. The highest BCUT2D eigenvalue weighted by atomic mass is 32.2. The molecular formula is C20H26N4O5S. The first-order chi connectivity index (χ1) is 14.3. The number of anilines is 1. The van der Waals surface area contributed by atoms with Gasteiger partial charge in [0, 0.05) is 18.8 Å². The van der Waals surface area contributed by atoms with Crippen molar-refractivity contribution >= 4 is 27.5 Å². The summed E-state index contributed by atoms with van der Waals surface area (Å²) < 4.78 is 31.5. The molecule has 162 valence electrons. The van der Waals surface area contributed by atoms with E-state index < -0.39 is 15.9 Å². The number of nitrogens with zero attached hydrogens (tertiary/aromatic N) is 2. The number of amides is 1. The van der Waals surface area contributed by atoms with Gasteiger partial charge in [0.05, 0.1) is 17.6 Å². The fourth-order valence-corrected chi connectivity index (χ4v) is 4.14. The third-order valence-electron chi connectivity index (χ3n) is 4.22. The molecule has 0 unspecified atom stereocenters. The normalized spacial score (nSPS) is 11.9. The van der Waals surface area contributed by atoms with E-state index in [0.717, 1.165) is 0 Å². The Kier molecular flexibility index (Phi) is 8.19. The van der Waals surface area contributed by atoms with Gasteiger partial charge in [-0.1, -0.05) is 31.1 Å². The van der Waals surface area contributed by atoms with Crippen LogP contribution >= 0.6 is 0 Å². The zero-order valence-corrected chi connectivity index (χ0v) is 18.0. The van der Waals surface area contributed by atoms with Gasteiger partial charge in [-0.25, -0.2) is 8.42 Å². The third kappa shape index (κ3) is 5.71. The number of amidine groups is 1. The van der Waals surface area contributed by atoms with Crippen LogP contribution in [0.4, 0.5) is 5.69 Å². The van der Waals surface area contributed by atoms with Crippen molar-refractivity contribution in [2.75, 3.05) is 32.1 Å². The van der Waals surface area contributed by atoms with Crippen LogP contribution in [-0.2, 0) is 19.7 Å². The summed E-state index contributed by atoms with van der Waals surface area (Å²) >= 11 is 0. The standard InChI is InChI=1S/C20H26N4O5S/c1-4-24(5-2)30(26,27)16-12-10-15(11-13-16)22-19(25)14-29-23-20(21)17-8-6-7-9-18(17)28-3/h6-13H,4-5,14H2,1-3H3,(H2,21,23)(H,22,25). The molecule has 0 radical (unpaired) electrons. The van der Waals surface area contributed by atoms with Gasteiger partial charge in [-0.15, -0.1) is 0 Å². The molecule has 9 nitrogen and oxygen atoms in total. The summed E-state index contributed by atoms with van der Waals surface area (Å²) in [6.45, 7) is 3.95. The average molecular weight is 435 g/mol. The monoisotopic (exact) mass is 434 g/mol. The summed E-state index contributed by atoms with van der Waals surface area (Å²) in [6, 6.07) is 12.9. The van der Waals surface area contributed by atoms with Crippen LogP contribution in [0, 0.1) is 0 Å². The van der Waals surface area contributed by atoms with E-state index in [2.05, 4.69) is 10.5 Å². The Balaban J connectivity index is 1.95. The van der Waals surface area contributed by atoms with Crippen LogP contribution in [0.3, 0.4) is 0 Å². The van der Waals surface area contributed by atoms with Gasteiger partial charge in [-0.3, -0.25) is 4.79 Å². The van der Waals surface area contributed by atoms with Crippen molar-refractivity contribution in [2.24, 2.45) is 10.9 Å². The van der Waals surface area contributed by atoms with Crippen LogP contribution in [0.15, 0.2) is 58.6 Å². The Hall–Kier alpha value is -3.11. The molecule has 2 aromatic rings. The van der Waals surface area contributed by atoms with Crippen molar-refractivity contribution in [3.05, 3.63) is 54.1 Å². The van der Waals surface area contributed by atoms with E-state index in [1.807, 2.05) is 0 Å². The molecule has 2 aromatic carbocycles. The van der Waals surface area contributed by atoms with Crippen molar-refractivity contribution in [1.29, 1.82) is 0 Å². The van der Waals surface area contributed by atoms with Crippen LogP contribution in [0.25, 0.3) is 0 Å². The van der Waals surface area contributed by atoms with Crippen LogP contribution in [0.5, 0.6) is 5.75 Å². The summed E-state index contributed by atoms with van der Waals surface area (Å²) in [6.07, 6.45) is 0. The molecule has 0 heterocycles. The zero-order chi connectivity index (χ0) is 22.1. The molecule has 2 rings (SSSR count). The number of carbonyl (C=O) groups is 1. The molecule has 0 saturated heterocycles. The van der Waals surface area contributed by atoms with Crippen molar-refractivity contribution in [3.63, 3.8) is 0 Å². The minimum Gasteiger partial charge on any atom is -0.496 e. The molecule has 0 fully saturated rings. The molecule has 0 aliphatic rings. The Morgan fingerprint density at radius 1 is 1.10 bits per heavy atom. The lowest BCUT2D eigenvalue weighted by atomic mass is 10.2. The van der Waals surface area contributed by atoms with E-state index in [4.69, 9.17) is 15.3 Å². The van der Waals surface area contributed by atoms with E-state index in [9.17, 15) is 13.2 Å². The van der Waals surface area contributed by atoms with Gasteiger partial charge >= 0.3 is 0 Å². The van der Waals surface area contributed by atoms with Gasteiger partial charge < -0.3 is 20.6 Å². The maximum absolute atomic E-state index is 12.5. The highest BCUT2D eigenvalue weighted by Crippen LogP contribution is 2.19. The number of carbonyl (C=O) groups excluding carboxylic acids is 1. The van der Waals surface area contributed by atoms with E-state index in [-0.39, 0.29) is 17.3 Å². The van der Waals surface area contributed by atoms with Crippen LogP contribution in [-0.4, -0.2) is 51.3 Å². The highest BCUT2D eigenvalue weighted by molar-refractivity contribution is 7.89. The van der Waals surface area contributed by atoms with Gasteiger partial charge in [-0.05, 0) is 36.4 Å². The Labute approximate surface area is 176 Å². The van der Waals surface area contributed by atoms with Gasteiger partial charge in [0.15, 0.2) is 12.4 Å². The number of methoxy groups -OCH3 is 1. The highest BCUT2D eigenvalue weighted by Gasteiger charge is 2.21. The maximum atomic E-state index is 12.5. The molecule has 0 aromatic heterocycles. The van der Waals surface area contributed by atoms with Crippen LogP contribution < -0.4 is 15.8 Å². The molecule has 0 aliphatic carbocycles. The lowest BCUT2D eigenvalue weighted by molar-refractivity contribution is -0.120. The topological polar surface area (TPSA) is 123 Å². The van der Waals surface area contributed by atoms with Crippen molar-refractivity contribution < 1.29 is 22.8 Å². The molecule has 0 spiro atoms. The number of sulfonamides is 1. The minimum absolute atomic E-state index is 0.0752. The van der Waals surface area contributed by atoms with Crippen molar-refractivity contribution in [1.82, 2.24) is 4.31 Å². The lowest BCUT2D eigenvalue weighted by Gasteiger charge is -2.18. The molecule has 10 heteroatoms. The number of ether oxygens (including phenoxy) is 1. The predicted octanol–water partition coefficient (Wildman–Crippen LogP) is 2.00. The van der Waals surface area contributed by atoms with E-state index in [0.29, 0.717) is 30.1 Å². The van der Waals surface area contributed by atoms with E-state index in [1.54, 1.807) is 38.1 Å². The number of para-hydroxylation sites is 1. The molecule has 0 bridgehead atoms. The number of hydrogen-bond donors (Lipinski definition) is 2. The fourth-order valence-electron chi connectivity index (χ4n) is 2.69. The lowest BCUT2D eigenvalue weighted by Crippen LogP contribution is -2.30. The van der Waals surface area contributed by atoms with Gasteiger partial charge in [0.25, 0.3) is 5.91 Å². The second-order valence-corrected chi connectivity index (χ2v) is 8.05. The molecular weight excluding hydrogens is 408 g/mol. The minimum atomic E-state index is -3.55. The van der Waals surface area contributed by atoms with E-state index in [1.165, 1.54) is 35.7 Å². The number of hydrogen-bond acceptors (Lipinski definition) is 6.